The number of halogens is 1. The van der Waals surface area contributed by atoms with Gasteiger partial charge in [0.15, 0.2) is 0 Å². The van der Waals surface area contributed by atoms with Crippen LogP contribution in [0.1, 0.15) is 12.0 Å². The summed E-state index contributed by atoms with van der Waals surface area (Å²) in [5, 5.41) is 5.39. The molecule has 0 unspecified atom stereocenters. The molecule has 1 heterocycles. The smallest absolute Gasteiger partial charge is 0.266 e. The Hall–Kier alpha value is -3.10. The van der Waals surface area contributed by atoms with E-state index in [-0.39, 0.29) is 24.5 Å². The number of benzene rings is 2. The lowest BCUT2D eigenvalue weighted by Gasteiger charge is -2.08. The predicted molar refractivity (Wildman–Crippen MR) is 111 cm³/mol. The van der Waals surface area contributed by atoms with Crippen LogP contribution < -0.4 is 10.3 Å². The lowest BCUT2D eigenvalue weighted by molar-refractivity contribution is 0.539. The summed E-state index contributed by atoms with van der Waals surface area (Å²) in [6.07, 6.45) is 1.90. The minimum atomic E-state index is -3.57. The highest BCUT2D eigenvalue weighted by Crippen LogP contribution is 2.15. The fraction of sp³-hybridized carbons (Fsp3) is 0.143. The third kappa shape index (κ3) is 6.20. The molecule has 0 saturated carbocycles. The van der Waals surface area contributed by atoms with Gasteiger partial charge in [0.25, 0.3) is 5.56 Å². The maximum atomic E-state index is 13.1. The van der Waals surface area contributed by atoms with Crippen LogP contribution in [0.3, 0.4) is 0 Å². The summed E-state index contributed by atoms with van der Waals surface area (Å²) in [5.41, 5.74) is 1.72. The Bertz CT molecular complexity index is 1140. The number of nitrogens with one attached hydrogen (secondary N) is 1. The number of hydrogen-bond acceptors (Lipinski definition) is 4. The van der Waals surface area contributed by atoms with Gasteiger partial charge in [-0.15, -0.1) is 0 Å². The molecule has 0 aliphatic heterocycles. The predicted octanol–water partition coefficient (Wildman–Crippen LogP) is 3.03. The van der Waals surface area contributed by atoms with E-state index >= 15 is 0 Å². The first-order valence-electron chi connectivity index (χ1n) is 9.00. The monoisotopic (exact) mass is 413 g/mol. The highest BCUT2D eigenvalue weighted by molar-refractivity contribution is 7.92. The molecule has 6 nitrogen and oxygen atoms in total. The van der Waals surface area contributed by atoms with E-state index in [1.165, 1.54) is 29.0 Å². The van der Waals surface area contributed by atoms with Crippen LogP contribution in [0.25, 0.3) is 17.3 Å². The Morgan fingerprint density at radius 3 is 2.45 bits per heavy atom. The zero-order valence-electron chi connectivity index (χ0n) is 15.5. The molecule has 0 bridgehead atoms. The second-order valence-electron chi connectivity index (χ2n) is 6.29. The topological polar surface area (TPSA) is 81.1 Å². The molecule has 0 amide bonds. The molecule has 1 aromatic heterocycles. The van der Waals surface area contributed by atoms with Crippen molar-refractivity contribution in [3.8, 4) is 11.3 Å². The minimum Gasteiger partial charge on any atom is -0.268 e. The SMILES string of the molecule is O=c1ccc(-c2ccc(F)cc2)nn1CCCNS(=O)(=O)/C=C/c1ccccc1. The van der Waals surface area contributed by atoms with Gasteiger partial charge in [0.2, 0.25) is 10.0 Å². The molecule has 0 saturated heterocycles. The van der Waals surface area contributed by atoms with E-state index in [0.717, 1.165) is 11.0 Å². The van der Waals surface area contributed by atoms with Gasteiger partial charge in [0.05, 0.1) is 5.69 Å². The van der Waals surface area contributed by atoms with Gasteiger partial charge in [0, 0.05) is 30.1 Å². The zero-order valence-corrected chi connectivity index (χ0v) is 16.3. The summed E-state index contributed by atoms with van der Waals surface area (Å²) in [6.45, 7) is 0.412. The third-order valence-corrected chi connectivity index (χ3v) is 5.20. The average molecular weight is 413 g/mol. The number of rotatable bonds is 8. The summed E-state index contributed by atoms with van der Waals surface area (Å²) in [6, 6.07) is 17.9. The molecule has 29 heavy (non-hydrogen) atoms. The molecule has 2 aromatic carbocycles. The quantitative estimate of drug-likeness (QED) is 0.576. The van der Waals surface area contributed by atoms with Gasteiger partial charge in [-0.2, -0.15) is 5.10 Å². The molecule has 0 radical (unpaired) electrons. The molecule has 1 N–H and O–H groups in total. The van der Waals surface area contributed by atoms with Crippen LogP contribution in [-0.4, -0.2) is 24.7 Å². The zero-order chi connectivity index (χ0) is 20.7. The molecular weight excluding hydrogens is 393 g/mol. The van der Waals surface area contributed by atoms with Crippen LogP contribution in [-0.2, 0) is 16.6 Å². The Kier molecular flexibility index (Phi) is 6.69. The van der Waals surface area contributed by atoms with Crippen molar-refractivity contribution in [2.24, 2.45) is 0 Å². The van der Waals surface area contributed by atoms with Crippen LogP contribution in [0.2, 0.25) is 0 Å². The van der Waals surface area contributed by atoms with Gasteiger partial charge in [0.1, 0.15) is 5.82 Å². The molecule has 0 spiro atoms. The standard InChI is InChI=1S/C21H20FN3O3S/c22-19-9-7-18(8-10-19)20-11-12-21(26)25(24-20)15-4-14-23-29(27,28)16-13-17-5-2-1-3-6-17/h1-3,5-13,16,23H,4,14-15H2/b16-13+. The van der Waals surface area contributed by atoms with Gasteiger partial charge < -0.3 is 0 Å². The van der Waals surface area contributed by atoms with Crippen LogP contribution >= 0.6 is 0 Å². The highest BCUT2D eigenvalue weighted by Gasteiger charge is 2.06. The summed E-state index contributed by atoms with van der Waals surface area (Å²) >= 11 is 0. The van der Waals surface area contributed by atoms with Crippen LogP contribution in [0.5, 0.6) is 0 Å². The van der Waals surface area contributed by atoms with E-state index in [0.29, 0.717) is 17.7 Å². The second-order valence-corrected chi connectivity index (χ2v) is 7.94. The van der Waals surface area contributed by atoms with Gasteiger partial charge >= 0.3 is 0 Å². The Morgan fingerprint density at radius 1 is 1.00 bits per heavy atom. The first-order chi connectivity index (χ1) is 13.9. The molecule has 0 atom stereocenters. The summed E-state index contributed by atoms with van der Waals surface area (Å²) in [5.74, 6) is -0.351. The van der Waals surface area contributed by atoms with Crippen molar-refractivity contribution in [2.45, 2.75) is 13.0 Å². The van der Waals surface area contributed by atoms with Gasteiger partial charge in [-0.1, -0.05) is 30.3 Å². The molecule has 8 heteroatoms. The highest BCUT2D eigenvalue weighted by atomic mass is 32.2. The lowest BCUT2D eigenvalue weighted by Crippen LogP contribution is -2.27. The molecule has 3 rings (SSSR count). The van der Waals surface area contributed by atoms with Crippen LogP contribution in [0.15, 0.2) is 76.9 Å². The largest absolute Gasteiger partial charge is 0.268 e. The molecule has 150 valence electrons. The van der Waals surface area contributed by atoms with E-state index in [4.69, 9.17) is 0 Å². The summed E-state index contributed by atoms with van der Waals surface area (Å²) < 4.78 is 40.9. The Balaban J connectivity index is 1.57. The normalized spacial score (nSPS) is 11.8. The fourth-order valence-corrected chi connectivity index (χ4v) is 3.47. The van der Waals surface area contributed by atoms with Crippen LogP contribution in [0.4, 0.5) is 4.39 Å². The van der Waals surface area contributed by atoms with Crippen molar-refractivity contribution in [1.82, 2.24) is 14.5 Å². The second kappa shape index (κ2) is 9.40. The molecular formula is C21H20FN3O3S. The lowest BCUT2D eigenvalue weighted by atomic mass is 10.1. The first-order valence-corrected chi connectivity index (χ1v) is 10.5. The molecule has 0 fully saturated rings. The molecule has 0 aliphatic carbocycles. The van der Waals surface area contributed by atoms with Crippen molar-refractivity contribution in [2.75, 3.05) is 6.54 Å². The Labute approximate surface area is 168 Å². The fourth-order valence-electron chi connectivity index (χ4n) is 2.61. The number of hydrogen-bond donors (Lipinski definition) is 1. The third-order valence-electron chi connectivity index (χ3n) is 4.10. The Morgan fingerprint density at radius 2 is 1.72 bits per heavy atom. The van der Waals surface area contributed by atoms with Crippen molar-refractivity contribution < 1.29 is 12.8 Å². The number of sulfonamides is 1. The van der Waals surface area contributed by atoms with E-state index in [1.54, 1.807) is 30.3 Å². The van der Waals surface area contributed by atoms with Crippen molar-refractivity contribution in [1.29, 1.82) is 0 Å². The van der Waals surface area contributed by atoms with E-state index in [2.05, 4.69) is 9.82 Å². The first kappa shape index (κ1) is 20.6. The van der Waals surface area contributed by atoms with E-state index in [1.807, 2.05) is 18.2 Å². The maximum absolute atomic E-state index is 13.1. The van der Waals surface area contributed by atoms with Gasteiger partial charge in [-0.05, 0) is 48.4 Å². The van der Waals surface area contributed by atoms with E-state index < -0.39 is 10.0 Å². The number of aromatic nitrogens is 2. The minimum absolute atomic E-state index is 0.163. The van der Waals surface area contributed by atoms with Gasteiger partial charge in [-0.25, -0.2) is 22.2 Å². The number of nitrogens with zero attached hydrogens (tertiary/aromatic N) is 2. The average Bonchev–Trinajstić information content (AvgIpc) is 2.72. The van der Waals surface area contributed by atoms with E-state index in [9.17, 15) is 17.6 Å². The van der Waals surface area contributed by atoms with Gasteiger partial charge in [-0.3, -0.25) is 4.79 Å². The maximum Gasteiger partial charge on any atom is 0.266 e. The number of aryl methyl sites for hydroxylation is 1. The summed E-state index contributed by atoms with van der Waals surface area (Å²) in [4.78, 5) is 12.0. The molecule has 3 aromatic rings. The van der Waals surface area contributed by atoms with Crippen molar-refractivity contribution >= 4 is 16.1 Å². The van der Waals surface area contributed by atoms with Crippen molar-refractivity contribution in [3.63, 3.8) is 0 Å². The summed E-state index contributed by atoms with van der Waals surface area (Å²) in [7, 11) is -3.57. The molecule has 0 aliphatic rings. The van der Waals surface area contributed by atoms with Crippen molar-refractivity contribution in [3.05, 3.63) is 93.9 Å². The van der Waals surface area contributed by atoms with Crippen LogP contribution in [0, 0.1) is 5.82 Å².